The summed E-state index contributed by atoms with van der Waals surface area (Å²) in [5, 5.41) is 0. The number of hydrogen-bond acceptors (Lipinski definition) is 4. The zero-order valence-electron chi connectivity index (χ0n) is 10.3. The molecule has 0 bridgehead atoms. The van der Waals surface area contributed by atoms with Gasteiger partial charge in [-0.25, -0.2) is 0 Å². The molecule has 0 atom stereocenters. The first kappa shape index (κ1) is 12.7. The maximum absolute atomic E-state index is 11.8. The van der Waals surface area contributed by atoms with E-state index in [2.05, 4.69) is 0 Å². The molecule has 0 saturated carbocycles. The minimum absolute atomic E-state index is 0.401. The number of carbonyl (C=O) groups excluding carboxylic acids is 2. The lowest BCUT2D eigenvalue weighted by molar-refractivity contribution is -0.170. The third-order valence-corrected chi connectivity index (χ3v) is 3.37. The van der Waals surface area contributed by atoms with E-state index in [4.69, 9.17) is 9.47 Å². The van der Waals surface area contributed by atoms with Crippen LogP contribution < -0.4 is 0 Å². The molecule has 0 fully saturated rings. The molecule has 0 aliphatic heterocycles. The van der Waals surface area contributed by atoms with Crippen molar-refractivity contribution in [2.45, 2.75) is 33.1 Å². The maximum atomic E-state index is 11.8. The van der Waals surface area contributed by atoms with Crippen LogP contribution in [-0.4, -0.2) is 26.2 Å². The molecule has 0 N–H and O–H groups in total. The lowest BCUT2D eigenvalue weighted by atomic mass is 9.72. The van der Waals surface area contributed by atoms with Gasteiger partial charge >= 0.3 is 11.9 Å². The summed E-state index contributed by atoms with van der Waals surface area (Å²) in [5.41, 5.74) is 1.18. The van der Waals surface area contributed by atoms with E-state index in [1.807, 2.05) is 13.8 Å². The van der Waals surface area contributed by atoms with Gasteiger partial charge in [-0.05, 0) is 33.1 Å². The summed E-state index contributed by atoms with van der Waals surface area (Å²) < 4.78 is 9.47. The van der Waals surface area contributed by atoms with Crippen LogP contribution in [0.3, 0.4) is 0 Å². The number of esters is 2. The van der Waals surface area contributed by atoms with Gasteiger partial charge in [-0.15, -0.1) is 0 Å². The predicted molar refractivity (Wildman–Crippen MR) is 58.7 cm³/mol. The minimum atomic E-state index is -1.13. The summed E-state index contributed by atoms with van der Waals surface area (Å²) in [6.45, 7) is 3.96. The molecule has 0 amide bonds. The van der Waals surface area contributed by atoms with E-state index in [9.17, 15) is 9.59 Å². The summed E-state index contributed by atoms with van der Waals surface area (Å²) >= 11 is 0. The van der Waals surface area contributed by atoms with Crippen molar-refractivity contribution in [2.24, 2.45) is 5.41 Å². The maximum Gasteiger partial charge on any atom is 0.323 e. The van der Waals surface area contributed by atoms with Crippen LogP contribution in [0.25, 0.3) is 0 Å². The molecule has 0 radical (unpaired) electrons. The quantitative estimate of drug-likeness (QED) is 0.409. The molecule has 4 heteroatoms. The van der Waals surface area contributed by atoms with E-state index in [0.717, 1.165) is 12.0 Å². The number of carbonyl (C=O) groups is 2. The lowest BCUT2D eigenvalue weighted by Crippen LogP contribution is -2.43. The Morgan fingerprint density at radius 3 is 1.94 bits per heavy atom. The Labute approximate surface area is 95.6 Å². The molecule has 0 heterocycles. The van der Waals surface area contributed by atoms with Crippen molar-refractivity contribution in [3.63, 3.8) is 0 Å². The summed E-state index contributed by atoms with van der Waals surface area (Å²) in [6, 6.07) is 0. The average molecular weight is 226 g/mol. The number of hydrogen-bond donors (Lipinski definition) is 0. The summed E-state index contributed by atoms with van der Waals surface area (Å²) in [4.78, 5) is 23.6. The van der Waals surface area contributed by atoms with Gasteiger partial charge in [0.1, 0.15) is 0 Å². The first-order chi connectivity index (χ1) is 7.47. The second kappa shape index (κ2) is 4.68. The highest BCUT2D eigenvalue weighted by Crippen LogP contribution is 2.41. The van der Waals surface area contributed by atoms with E-state index >= 15 is 0 Å². The van der Waals surface area contributed by atoms with Gasteiger partial charge in [-0.2, -0.15) is 0 Å². The molecule has 0 spiro atoms. The summed E-state index contributed by atoms with van der Waals surface area (Å²) in [6.07, 6.45) is 1.60. The Kier molecular flexibility index (Phi) is 3.73. The zero-order valence-corrected chi connectivity index (χ0v) is 10.3. The normalized spacial score (nSPS) is 19.2. The van der Waals surface area contributed by atoms with Gasteiger partial charge < -0.3 is 9.47 Å². The van der Waals surface area contributed by atoms with Crippen molar-refractivity contribution in [2.75, 3.05) is 14.2 Å². The second-order valence-electron chi connectivity index (χ2n) is 4.30. The SMILES string of the molecule is COC(=O)C1(C(=O)OC)CCC(C)=C(C)C1. The van der Waals surface area contributed by atoms with Gasteiger partial charge in [0.25, 0.3) is 0 Å². The molecule has 0 aromatic heterocycles. The predicted octanol–water partition coefficient (Wildman–Crippen LogP) is 1.84. The second-order valence-corrected chi connectivity index (χ2v) is 4.30. The third kappa shape index (κ3) is 1.96. The van der Waals surface area contributed by atoms with Gasteiger partial charge in [-0.3, -0.25) is 9.59 Å². The molecular weight excluding hydrogens is 208 g/mol. The highest BCUT2D eigenvalue weighted by atomic mass is 16.5. The van der Waals surface area contributed by atoms with Gasteiger partial charge in [0.05, 0.1) is 14.2 Å². The van der Waals surface area contributed by atoms with Crippen LogP contribution in [0.5, 0.6) is 0 Å². The lowest BCUT2D eigenvalue weighted by Gasteiger charge is -2.32. The number of methoxy groups -OCH3 is 2. The van der Waals surface area contributed by atoms with Crippen molar-refractivity contribution in [3.05, 3.63) is 11.1 Å². The van der Waals surface area contributed by atoms with Gasteiger partial charge in [0.2, 0.25) is 0 Å². The Morgan fingerprint density at radius 2 is 1.56 bits per heavy atom. The van der Waals surface area contributed by atoms with Crippen LogP contribution in [0.2, 0.25) is 0 Å². The first-order valence-corrected chi connectivity index (χ1v) is 5.30. The van der Waals surface area contributed by atoms with Crippen molar-refractivity contribution in [3.8, 4) is 0 Å². The smallest absolute Gasteiger partial charge is 0.323 e. The highest BCUT2D eigenvalue weighted by molar-refractivity contribution is 6.00. The Balaban J connectivity index is 3.09. The van der Waals surface area contributed by atoms with E-state index in [1.54, 1.807) is 0 Å². The fraction of sp³-hybridized carbons (Fsp3) is 0.667. The van der Waals surface area contributed by atoms with Crippen molar-refractivity contribution < 1.29 is 19.1 Å². The van der Waals surface area contributed by atoms with E-state index in [1.165, 1.54) is 19.8 Å². The molecule has 0 aromatic rings. The zero-order chi connectivity index (χ0) is 12.3. The van der Waals surface area contributed by atoms with Crippen molar-refractivity contribution in [1.82, 2.24) is 0 Å². The Bertz CT molecular complexity index is 325. The number of allylic oxidation sites excluding steroid dienone is 2. The molecule has 0 unspecified atom stereocenters. The fourth-order valence-electron chi connectivity index (χ4n) is 2.13. The number of ether oxygens (including phenoxy) is 2. The molecule has 16 heavy (non-hydrogen) atoms. The summed E-state index contributed by atoms with van der Waals surface area (Å²) in [7, 11) is 2.60. The Morgan fingerprint density at radius 1 is 1.06 bits per heavy atom. The molecule has 1 aliphatic carbocycles. The standard InChI is InChI=1S/C12H18O4/c1-8-5-6-12(7-9(8)2,10(13)15-3)11(14)16-4/h5-7H2,1-4H3. The molecule has 4 nitrogen and oxygen atoms in total. The molecule has 0 saturated heterocycles. The third-order valence-electron chi connectivity index (χ3n) is 3.37. The van der Waals surface area contributed by atoms with Crippen LogP contribution in [0.4, 0.5) is 0 Å². The van der Waals surface area contributed by atoms with E-state index in [0.29, 0.717) is 12.8 Å². The minimum Gasteiger partial charge on any atom is -0.468 e. The van der Waals surface area contributed by atoms with Crippen LogP contribution in [0, 0.1) is 5.41 Å². The van der Waals surface area contributed by atoms with Crippen LogP contribution >= 0.6 is 0 Å². The largest absolute Gasteiger partial charge is 0.468 e. The first-order valence-electron chi connectivity index (χ1n) is 5.30. The molecule has 0 aromatic carbocycles. The average Bonchev–Trinajstić information content (AvgIpc) is 2.30. The van der Waals surface area contributed by atoms with Crippen LogP contribution in [0.15, 0.2) is 11.1 Å². The van der Waals surface area contributed by atoms with Crippen LogP contribution in [-0.2, 0) is 19.1 Å². The Hall–Kier alpha value is -1.32. The van der Waals surface area contributed by atoms with E-state index in [-0.39, 0.29) is 0 Å². The van der Waals surface area contributed by atoms with Crippen molar-refractivity contribution in [1.29, 1.82) is 0 Å². The molecule has 1 aliphatic rings. The van der Waals surface area contributed by atoms with Gasteiger partial charge in [0, 0.05) is 0 Å². The molecule has 90 valence electrons. The van der Waals surface area contributed by atoms with Gasteiger partial charge in [0.15, 0.2) is 5.41 Å². The number of rotatable bonds is 2. The van der Waals surface area contributed by atoms with Crippen LogP contribution in [0.1, 0.15) is 33.1 Å². The topological polar surface area (TPSA) is 52.6 Å². The monoisotopic (exact) mass is 226 g/mol. The van der Waals surface area contributed by atoms with Gasteiger partial charge in [-0.1, -0.05) is 11.1 Å². The highest BCUT2D eigenvalue weighted by Gasteiger charge is 2.49. The molecular formula is C12H18O4. The fourth-order valence-corrected chi connectivity index (χ4v) is 2.13. The summed E-state index contributed by atoms with van der Waals surface area (Å²) in [5.74, 6) is -0.989. The van der Waals surface area contributed by atoms with Crippen molar-refractivity contribution >= 4 is 11.9 Å². The van der Waals surface area contributed by atoms with E-state index < -0.39 is 17.4 Å². The molecule has 1 rings (SSSR count).